The highest BCUT2D eigenvalue weighted by Gasteiger charge is 2.32. The highest BCUT2D eigenvalue weighted by atomic mass is 32.2. The lowest BCUT2D eigenvalue weighted by Gasteiger charge is -2.34. The number of carbonyl (C=O) groups excluding carboxylic acids is 1. The molecule has 1 aliphatic heterocycles. The molecule has 1 N–H and O–H groups in total. The molecule has 0 bridgehead atoms. The number of nitrogens with one attached hydrogen (secondary N) is 1. The number of thiazole rings is 1. The minimum absolute atomic E-state index is 0.113. The highest BCUT2D eigenvalue weighted by molar-refractivity contribution is 7.89. The van der Waals surface area contributed by atoms with Gasteiger partial charge in [-0.05, 0) is 50.2 Å². The van der Waals surface area contributed by atoms with E-state index in [1.165, 1.54) is 34.6 Å². The average Bonchev–Trinajstić information content (AvgIpc) is 3.11. The van der Waals surface area contributed by atoms with E-state index >= 15 is 0 Å². The van der Waals surface area contributed by atoms with Gasteiger partial charge in [-0.1, -0.05) is 17.4 Å². The molecule has 2 heterocycles. The topological polar surface area (TPSA) is 88.6 Å². The number of fused-ring (bicyclic) bond motifs is 1. The Kier molecular flexibility index (Phi) is 5.58. The zero-order valence-electron chi connectivity index (χ0n) is 16.3. The Morgan fingerprint density at radius 1 is 1.17 bits per heavy atom. The summed E-state index contributed by atoms with van der Waals surface area (Å²) in [6.07, 6.45) is -0.376. The van der Waals surface area contributed by atoms with Crippen molar-refractivity contribution in [1.82, 2.24) is 9.29 Å². The van der Waals surface area contributed by atoms with Crippen molar-refractivity contribution in [1.29, 1.82) is 0 Å². The third-order valence-corrected chi connectivity index (χ3v) is 7.51. The van der Waals surface area contributed by atoms with Crippen LogP contribution in [0.25, 0.3) is 10.2 Å². The summed E-state index contributed by atoms with van der Waals surface area (Å²) in [5, 5.41) is 2.90. The van der Waals surface area contributed by atoms with Crippen LogP contribution in [-0.2, 0) is 14.8 Å². The van der Waals surface area contributed by atoms with E-state index in [1.54, 1.807) is 12.1 Å². The van der Waals surface area contributed by atoms with Gasteiger partial charge in [0.25, 0.3) is 5.91 Å². The Morgan fingerprint density at radius 3 is 2.47 bits per heavy atom. The van der Waals surface area contributed by atoms with Gasteiger partial charge in [0, 0.05) is 18.7 Å². The first kappa shape index (κ1) is 20.9. The zero-order valence-corrected chi connectivity index (χ0v) is 18.0. The Balaban J connectivity index is 1.51. The molecular formula is C20H20FN3O4S2. The second-order valence-corrected chi connectivity index (χ2v) is 10.1. The molecule has 1 aliphatic rings. The highest BCUT2D eigenvalue weighted by Crippen LogP contribution is 2.28. The van der Waals surface area contributed by atoms with Crippen LogP contribution >= 0.6 is 11.3 Å². The van der Waals surface area contributed by atoms with Crippen molar-refractivity contribution in [2.45, 2.75) is 31.0 Å². The van der Waals surface area contributed by atoms with Crippen molar-refractivity contribution in [2.75, 3.05) is 18.4 Å². The predicted octanol–water partition coefficient (Wildman–Crippen LogP) is 3.49. The van der Waals surface area contributed by atoms with Crippen LogP contribution < -0.4 is 5.32 Å². The molecule has 7 nitrogen and oxygen atoms in total. The Labute approximate surface area is 177 Å². The number of amides is 1. The van der Waals surface area contributed by atoms with Crippen LogP contribution in [0.2, 0.25) is 0 Å². The summed E-state index contributed by atoms with van der Waals surface area (Å²) in [5.74, 6) is -0.905. The number of nitrogens with zero attached hydrogens (tertiary/aromatic N) is 2. The van der Waals surface area contributed by atoms with Gasteiger partial charge < -0.3 is 4.74 Å². The molecular weight excluding hydrogens is 429 g/mol. The first-order chi connectivity index (χ1) is 14.2. The first-order valence-corrected chi connectivity index (χ1v) is 11.6. The van der Waals surface area contributed by atoms with Gasteiger partial charge in [0.15, 0.2) is 5.13 Å². The standard InChI is InChI=1S/C20H20FN3O4S2/c1-12-10-24(11-13(2)28-12)30(26,27)15-8-6-14(7-9-15)19(25)23-20-22-18-16(21)4-3-5-17(18)29-20/h3-9,12-13H,10-11H2,1-2H3,(H,22,23,25)/t12-,13-/m0/s1. The molecule has 4 rings (SSSR count). The fraction of sp³-hybridized carbons (Fsp3) is 0.300. The number of benzene rings is 2. The number of morpholine rings is 1. The molecule has 0 saturated carbocycles. The van der Waals surface area contributed by atoms with Gasteiger partial charge in [-0.25, -0.2) is 17.8 Å². The van der Waals surface area contributed by atoms with E-state index < -0.39 is 21.7 Å². The van der Waals surface area contributed by atoms with E-state index in [0.717, 1.165) is 11.3 Å². The van der Waals surface area contributed by atoms with Gasteiger partial charge in [-0.3, -0.25) is 10.1 Å². The van der Waals surface area contributed by atoms with Crippen LogP contribution in [0, 0.1) is 5.82 Å². The second-order valence-electron chi connectivity index (χ2n) is 7.16. The first-order valence-electron chi connectivity index (χ1n) is 9.36. The lowest BCUT2D eigenvalue weighted by atomic mass is 10.2. The van der Waals surface area contributed by atoms with E-state index in [4.69, 9.17) is 4.74 Å². The molecule has 30 heavy (non-hydrogen) atoms. The van der Waals surface area contributed by atoms with Crippen LogP contribution in [0.15, 0.2) is 47.4 Å². The molecule has 158 valence electrons. The van der Waals surface area contributed by atoms with Gasteiger partial charge in [0.05, 0.1) is 21.8 Å². The van der Waals surface area contributed by atoms with Crippen LogP contribution in [0.4, 0.5) is 9.52 Å². The number of carbonyl (C=O) groups is 1. The number of ether oxygens (including phenoxy) is 1. The van der Waals surface area contributed by atoms with E-state index in [9.17, 15) is 17.6 Å². The summed E-state index contributed by atoms with van der Waals surface area (Å²) in [7, 11) is -3.68. The molecule has 3 aromatic rings. The van der Waals surface area contributed by atoms with Crippen molar-refractivity contribution < 1.29 is 22.3 Å². The molecule has 2 aromatic carbocycles. The van der Waals surface area contributed by atoms with Crippen molar-refractivity contribution in [3.63, 3.8) is 0 Å². The molecule has 1 saturated heterocycles. The number of sulfonamides is 1. The molecule has 1 amide bonds. The SMILES string of the molecule is C[C@H]1CN(S(=O)(=O)c2ccc(C(=O)Nc3nc4c(F)cccc4s3)cc2)C[C@H](C)O1. The largest absolute Gasteiger partial charge is 0.373 e. The number of rotatable bonds is 4. The molecule has 0 aliphatic carbocycles. The minimum Gasteiger partial charge on any atom is -0.373 e. The number of hydrogen-bond donors (Lipinski definition) is 1. The van der Waals surface area contributed by atoms with Crippen molar-refractivity contribution in [3.05, 3.63) is 53.8 Å². The maximum atomic E-state index is 13.8. The molecule has 2 atom stereocenters. The van der Waals surface area contributed by atoms with E-state index in [-0.39, 0.29) is 46.4 Å². The van der Waals surface area contributed by atoms with E-state index in [0.29, 0.717) is 4.70 Å². The summed E-state index contributed by atoms with van der Waals surface area (Å²) >= 11 is 1.16. The van der Waals surface area contributed by atoms with Crippen molar-refractivity contribution >= 4 is 42.6 Å². The molecule has 0 spiro atoms. The normalized spacial score (nSPS) is 20.4. The van der Waals surface area contributed by atoms with Crippen molar-refractivity contribution in [2.24, 2.45) is 0 Å². The number of aromatic nitrogens is 1. The van der Waals surface area contributed by atoms with Crippen LogP contribution in [-0.4, -0.2) is 48.9 Å². The summed E-state index contributed by atoms with van der Waals surface area (Å²) in [5.41, 5.74) is 0.477. The number of anilines is 1. The summed E-state index contributed by atoms with van der Waals surface area (Å²) in [6, 6.07) is 10.3. The average molecular weight is 450 g/mol. The van der Waals surface area contributed by atoms with Crippen LogP contribution in [0.5, 0.6) is 0 Å². The molecule has 0 unspecified atom stereocenters. The molecule has 0 radical (unpaired) electrons. The Morgan fingerprint density at radius 2 is 1.83 bits per heavy atom. The smallest absolute Gasteiger partial charge is 0.257 e. The van der Waals surface area contributed by atoms with E-state index in [2.05, 4.69) is 10.3 Å². The van der Waals surface area contributed by atoms with Crippen LogP contribution in [0.3, 0.4) is 0 Å². The Bertz CT molecular complexity index is 1180. The maximum absolute atomic E-state index is 13.8. The monoisotopic (exact) mass is 449 g/mol. The summed E-state index contributed by atoms with van der Waals surface area (Å²) in [4.78, 5) is 16.7. The third kappa shape index (κ3) is 4.08. The molecule has 1 fully saturated rings. The van der Waals surface area contributed by atoms with Gasteiger partial charge in [0.1, 0.15) is 11.3 Å². The maximum Gasteiger partial charge on any atom is 0.257 e. The van der Waals surface area contributed by atoms with E-state index in [1.807, 2.05) is 13.8 Å². The lowest BCUT2D eigenvalue weighted by Crippen LogP contribution is -2.48. The van der Waals surface area contributed by atoms with Gasteiger partial charge in [-0.2, -0.15) is 4.31 Å². The third-order valence-electron chi connectivity index (χ3n) is 4.73. The summed E-state index contributed by atoms with van der Waals surface area (Å²) < 4.78 is 47.2. The molecule has 1 aromatic heterocycles. The second kappa shape index (κ2) is 8.03. The fourth-order valence-corrected chi connectivity index (χ4v) is 5.86. The minimum atomic E-state index is -3.68. The Hall–Kier alpha value is -2.40. The quantitative estimate of drug-likeness (QED) is 0.659. The zero-order chi connectivity index (χ0) is 21.5. The number of para-hydroxylation sites is 1. The summed E-state index contributed by atoms with van der Waals surface area (Å²) in [6.45, 7) is 4.23. The lowest BCUT2D eigenvalue weighted by molar-refractivity contribution is -0.0440. The molecule has 10 heteroatoms. The van der Waals surface area contributed by atoms with Gasteiger partial charge >= 0.3 is 0 Å². The van der Waals surface area contributed by atoms with Gasteiger partial charge in [-0.15, -0.1) is 0 Å². The van der Waals surface area contributed by atoms with Gasteiger partial charge in [0.2, 0.25) is 10.0 Å². The fourth-order valence-electron chi connectivity index (χ4n) is 3.39. The predicted molar refractivity (Wildman–Crippen MR) is 113 cm³/mol. The number of hydrogen-bond acceptors (Lipinski definition) is 6. The van der Waals surface area contributed by atoms with Crippen molar-refractivity contribution in [3.8, 4) is 0 Å². The van der Waals surface area contributed by atoms with Crippen LogP contribution in [0.1, 0.15) is 24.2 Å². The number of halogens is 1.